The largest absolute Gasteiger partial charge is 0.309 e. The van der Waals surface area contributed by atoms with E-state index in [1.165, 1.54) is 89.0 Å². The number of nitrogens with zero attached hydrogens (tertiary/aromatic N) is 1. The predicted molar refractivity (Wildman–Crippen MR) is 259 cm³/mol. The van der Waals surface area contributed by atoms with E-state index in [0.717, 1.165) is 17.1 Å². The molecule has 0 amide bonds. The van der Waals surface area contributed by atoms with Crippen molar-refractivity contribution in [2.75, 3.05) is 4.90 Å². The number of anilines is 3. The predicted octanol–water partition coefficient (Wildman–Crippen LogP) is 15.8. The maximum Gasteiger partial charge on any atom is 0.0714 e. The van der Waals surface area contributed by atoms with Crippen molar-refractivity contribution < 1.29 is 0 Å². The first-order valence-electron chi connectivity index (χ1n) is 22.0. The van der Waals surface area contributed by atoms with Crippen LogP contribution in [0.25, 0.3) is 44.5 Å². The highest BCUT2D eigenvalue weighted by Crippen LogP contribution is 2.61. The van der Waals surface area contributed by atoms with Gasteiger partial charge in [0.25, 0.3) is 0 Å². The maximum atomic E-state index is 2.58. The third-order valence-corrected chi connectivity index (χ3v) is 14.6. The summed E-state index contributed by atoms with van der Waals surface area (Å²) in [6.45, 7) is 9.49. The van der Waals surface area contributed by atoms with Crippen LogP contribution in [0.15, 0.2) is 212 Å². The number of benzene rings is 9. The number of hydrogen-bond donors (Lipinski definition) is 0. The van der Waals surface area contributed by atoms with E-state index in [-0.39, 0.29) is 10.8 Å². The second-order valence-electron chi connectivity index (χ2n) is 18.4. The van der Waals surface area contributed by atoms with Gasteiger partial charge in [0, 0.05) is 27.6 Å². The molecule has 0 radical (unpaired) electrons. The molecule has 296 valence electrons. The number of hydrogen-bond acceptors (Lipinski definition) is 1. The van der Waals surface area contributed by atoms with E-state index >= 15 is 0 Å². The van der Waals surface area contributed by atoms with Gasteiger partial charge in [-0.05, 0) is 102 Å². The second-order valence-corrected chi connectivity index (χ2v) is 18.4. The molecule has 0 fully saturated rings. The van der Waals surface area contributed by atoms with Crippen LogP contribution in [-0.2, 0) is 16.2 Å². The highest BCUT2D eigenvalue weighted by atomic mass is 15.1. The van der Waals surface area contributed by atoms with Crippen LogP contribution in [0.5, 0.6) is 0 Å². The Labute approximate surface area is 365 Å². The standard InChI is InChI=1S/C61H47N/c1-59(2)49-30-15-11-25-43(49)48-39-42(37-38-51(48)59)62(55-35-18-14-26-44(55)45-29-19-33-53-57(45)46-27-12-16-31-50(46)60(53,3)4)56-36-20-34-54-58(56)47-28-13-17-32-52(47)61(54,40-21-7-5-8-22-40)41-23-9-6-10-24-41/h5-39H,1-4H3. The Bertz CT molecular complexity index is 3200. The highest BCUT2D eigenvalue weighted by molar-refractivity contribution is 6.03. The van der Waals surface area contributed by atoms with Gasteiger partial charge in [0.05, 0.1) is 16.8 Å². The fourth-order valence-electron chi connectivity index (χ4n) is 11.8. The van der Waals surface area contributed by atoms with E-state index in [1.807, 2.05) is 0 Å². The zero-order valence-electron chi connectivity index (χ0n) is 35.7. The lowest BCUT2D eigenvalue weighted by molar-refractivity contribution is 0.660. The molecule has 1 heteroatoms. The molecule has 0 bridgehead atoms. The van der Waals surface area contributed by atoms with Crippen LogP contribution < -0.4 is 4.90 Å². The van der Waals surface area contributed by atoms with Gasteiger partial charge >= 0.3 is 0 Å². The van der Waals surface area contributed by atoms with Crippen LogP contribution in [0, 0.1) is 0 Å². The van der Waals surface area contributed by atoms with Gasteiger partial charge in [0.1, 0.15) is 0 Å². The summed E-state index contributed by atoms with van der Waals surface area (Å²) in [5, 5.41) is 0. The van der Waals surface area contributed by atoms with Gasteiger partial charge in [-0.3, -0.25) is 0 Å². The number of rotatable bonds is 6. The minimum atomic E-state index is -0.522. The van der Waals surface area contributed by atoms with Gasteiger partial charge in [-0.25, -0.2) is 0 Å². The summed E-state index contributed by atoms with van der Waals surface area (Å²) in [7, 11) is 0. The first-order valence-corrected chi connectivity index (χ1v) is 22.0. The third-order valence-electron chi connectivity index (χ3n) is 14.6. The van der Waals surface area contributed by atoms with Crippen LogP contribution in [-0.4, -0.2) is 0 Å². The van der Waals surface area contributed by atoms with E-state index in [4.69, 9.17) is 0 Å². The molecule has 9 aromatic carbocycles. The smallest absolute Gasteiger partial charge is 0.0714 e. The van der Waals surface area contributed by atoms with Crippen molar-refractivity contribution in [2.45, 2.75) is 43.9 Å². The van der Waals surface area contributed by atoms with E-state index in [0.29, 0.717) is 0 Å². The van der Waals surface area contributed by atoms with Crippen molar-refractivity contribution in [3.05, 3.63) is 257 Å². The zero-order valence-corrected chi connectivity index (χ0v) is 35.7. The van der Waals surface area contributed by atoms with Gasteiger partial charge in [-0.2, -0.15) is 0 Å². The Hall–Kier alpha value is -7.22. The molecule has 0 unspecified atom stereocenters. The molecule has 0 aromatic heterocycles. The second kappa shape index (κ2) is 13.4. The molecule has 0 atom stereocenters. The van der Waals surface area contributed by atoms with Crippen molar-refractivity contribution in [3.63, 3.8) is 0 Å². The molecule has 12 rings (SSSR count). The Morgan fingerprint density at radius 2 is 0.742 bits per heavy atom. The summed E-state index contributed by atoms with van der Waals surface area (Å²) < 4.78 is 0. The summed E-state index contributed by atoms with van der Waals surface area (Å²) in [5.41, 5.74) is 23.6. The molecular weight excluding hydrogens is 747 g/mol. The fourth-order valence-corrected chi connectivity index (χ4v) is 11.8. The van der Waals surface area contributed by atoms with E-state index in [2.05, 4.69) is 245 Å². The lowest BCUT2D eigenvalue weighted by Crippen LogP contribution is -2.28. The van der Waals surface area contributed by atoms with Crippen molar-refractivity contribution in [3.8, 4) is 44.5 Å². The quantitative estimate of drug-likeness (QED) is 0.162. The molecule has 1 nitrogen and oxygen atoms in total. The first kappa shape index (κ1) is 36.6. The van der Waals surface area contributed by atoms with Crippen LogP contribution >= 0.6 is 0 Å². The van der Waals surface area contributed by atoms with Gasteiger partial charge in [0.15, 0.2) is 0 Å². The fraction of sp³-hybridized carbons (Fsp3) is 0.115. The molecule has 0 heterocycles. The molecule has 3 aliphatic carbocycles. The van der Waals surface area contributed by atoms with Crippen molar-refractivity contribution in [1.82, 2.24) is 0 Å². The van der Waals surface area contributed by atoms with Crippen LogP contribution in [0.3, 0.4) is 0 Å². The summed E-state index contributed by atoms with van der Waals surface area (Å²) in [5.74, 6) is 0. The summed E-state index contributed by atoms with van der Waals surface area (Å²) in [6.07, 6.45) is 0. The third kappa shape index (κ3) is 4.91. The van der Waals surface area contributed by atoms with Crippen molar-refractivity contribution in [2.24, 2.45) is 0 Å². The molecule has 0 spiro atoms. The van der Waals surface area contributed by atoms with Crippen LogP contribution in [0.1, 0.15) is 72.2 Å². The highest BCUT2D eigenvalue weighted by Gasteiger charge is 2.48. The van der Waals surface area contributed by atoms with Gasteiger partial charge in [-0.15, -0.1) is 0 Å². The van der Waals surface area contributed by atoms with E-state index < -0.39 is 5.41 Å². The number of fused-ring (bicyclic) bond motifs is 9. The van der Waals surface area contributed by atoms with Gasteiger partial charge < -0.3 is 4.90 Å². The Morgan fingerprint density at radius 3 is 1.44 bits per heavy atom. The number of para-hydroxylation sites is 1. The molecule has 0 N–H and O–H groups in total. The average Bonchev–Trinajstić information content (AvgIpc) is 3.85. The lowest BCUT2D eigenvalue weighted by Gasteiger charge is -2.35. The first-order chi connectivity index (χ1) is 30.3. The van der Waals surface area contributed by atoms with Gasteiger partial charge in [-0.1, -0.05) is 216 Å². The zero-order chi connectivity index (χ0) is 41.8. The normalized spacial score (nSPS) is 15.2. The minimum Gasteiger partial charge on any atom is -0.309 e. The minimum absolute atomic E-state index is 0.101. The summed E-state index contributed by atoms with van der Waals surface area (Å²) >= 11 is 0. The molecule has 3 aliphatic rings. The van der Waals surface area contributed by atoms with Crippen LogP contribution in [0.4, 0.5) is 17.1 Å². The topological polar surface area (TPSA) is 3.24 Å². The Morgan fingerprint density at radius 1 is 0.290 bits per heavy atom. The molecule has 62 heavy (non-hydrogen) atoms. The van der Waals surface area contributed by atoms with E-state index in [9.17, 15) is 0 Å². The average molecular weight is 794 g/mol. The van der Waals surface area contributed by atoms with Crippen molar-refractivity contribution >= 4 is 17.1 Å². The molecular formula is C61H47N. The Kier molecular flexibility index (Phi) is 7.91. The van der Waals surface area contributed by atoms with Crippen molar-refractivity contribution in [1.29, 1.82) is 0 Å². The molecule has 0 saturated heterocycles. The van der Waals surface area contributed by atoms with E-state index in [1.54, 1.807) is 0 Å². The molecule has 0 aliphatic heterocycles. The molecule has 9 aromatic rings. The summed E-state index contributed by atoms with van der Waals surface area (Å²) in [4.78, 5) is 2.58. The molecule has 0 saturated carbocycles. The maximum absolute atomic E-state index is 2.58. The summed E-state index contributed by atoms with van der Waals surface area (Å²) in [6, 6.07) is 79.7. The van der Waals surface area contributed by atoms with Crippen LogP contribution in [0.2, 0.25) is 0 Å². The SMILES string of the molecule is CC1(C)c2ccccc2-c2cc(N(c3ccccc3-c3cccc4c3-c3ccccc3C4(C)C)c3cccc4c3-c3ccccc3C4(c3ccccc3)c3ccccc3)ccc21. The monoisotopic (exact) mass is 793 g/mol. The Balaban J connectivity index is 1.18. The lowest BCUT2D eigenvalue weighted by atomic mass is 9.68. The van der Waals surface area contributed by atoms with Gasteiger partial charge in [0.2, 0.25) is 0 Å².